The normalized spacial score (nSPS) is 22.5. The van der Waals surface area contributed by atoms with Crippen molar-refractivity contribution in [2.45, 2.75) is 38.1 Å². The Morgan fingerprint density at radius 1 is 1.32 bits per heavy atom. The quantitative estimate of drug-likeness (QED) is 0.631. The predicted molar refractivity (Wildman–Crippen MR) is 76.0 cm³/mol. The molecular formula is C16H18F3NO2. The van der Waals surface area contributed by atoms with Crippen LogP contribution in [0, 0.1) is 0 Å². The van der Waals surface area contributed by atoms with Gasteiger partial charge in [0.1, 0.15) is 12.1 Å². The van der Waals surface area contributed by atoms with E-state index in [1.807, 2.05) is 0 Å². The van der Waals surface area contributed by atoms with Crippen molar-refractivity contribution < 1.29 is 22.7 Å². The molecule has 0 bridgehead atoms. The zero-order valence-corrected chi connectivity index (χ0v) is 12.2. The van der Waals surface area contributed by atoms with Gasteiger partial charge < -0.3 is 4.74 Å². The summed E-state index contributed by atoms with van der Waals surface area (Å²) in [5.74, 6) is -0.649. The fourth-order valence-electron chi connectivity index (χ4n) is 2.54. The third kappa shape index (κ3) is 3.88. The van der Waals surface area contributed by atoms with E-state index in [4.69, 9.17) is 4.74 Å². The van der Waals surface area contributed by atoms with Crippen LogP contribution in [-0.4, -0.2) is 35.7 Å². The average Bonchev–Trinajstić information content (AvgIpc) is 2.47. The van der Waals surface area contributed by atoms with E-state index in [-0.39, 0.29) is 19.6 Å². The molecule has 1 heterocycles. The van der Waals surface area contributed by atoms with Crippen LogP contribution in [-0.2, 0) is 16.1 Å². The Balaban J connectivity index is 2.29. The molecule has 0 aromatic heterocycles. The minimum Gasteiger partial charge on any atom is -0.465 e. The maximum atomic E-state index is 13.3. The molecule has 1 aliphatic heterocycles. The zero-order chi connectivity index (χ0) is 16.2. The molecule has 0 saturated carbocycles. The number of nitrogens with zero attached hydrogens (tertiary/aromatic N) is 1. The molecule has 3 nitrogen and oxygen atoms in total. The van der Waals surface area contributed by atoms with Crippen molar-refractivity contribution >= 4 is 5.97 Å². The summed E-state index contributed by atoms with van der Waals surface area (Å²) in [7, 11) is 0. The Morgan fingerprint density at radius 2 is 2.00 bits per heavy atom. The molecule has 0 fully saturated rings. The SMILES string of the molecule is CCOC(=O)[C@H]1C=CC[C@H](C(F)(F)F)N1Cc1ccccc1. The van der Waals surface area contributed by atoms with Crippen LogP contribution in [0.15, 0.2) is 42.5 Å². The first kappa shape index (κ1) is 16.5. The zero-order valence-electron chi connectivity index (χ0n) is 12.2. The van der Waals surface area contributed by atoms with E-state index in [1.165, 1.54) is 12.2 Å². The van der Waals surface area contributed by atoms with Crippen LogP contribution in [0.5, 0.6) is 0 Å². The number of rotatable bonds is 4. The lowest BCUT2D eigenvalue weighted by molar-refractivity contribution is -0.194. The van der Waals surface area contributed by atoms with Crippen molar-refractivity contribution in [3.05, 3.63) is 48.0 Å². The molecular weight excluding hydrogens is 295 g/mol. The monoisotopic (exact) mass is 313 g/mol. The molecule has 120 valence electrons. The second-order valence-electron chi connectivity index (χ2n) is 5.08. The van der Waals surface area contributed by atoms with Gasteiger partial charge >= 0.3 is 12.1 Å². The van der Waals surface area contributed by atoms with Crippen LogP contribution in [0.3, 0.4) is 0 Å². The van der Waals surface area contributed by atoms with Crippen molar-refractivity contribution in [2.75, 3.05) is 6.61 Å². The summed E-state index contributed by atoms with van der Waals surface area (Å²) in [6, 6.07) is 6.10. The molecule has 0 radical (unpaired) electrons. The van der Waals surface area contributed by atoms with Gasteiger partial charge in [-0.15, -0.1) is 0 Å². The largest absolute Gasteiger partial charge is 0.465 e. The summed E-state index contributed by atoms with van der Waals surface area (Å²) in [5, 5.41) is 0. The van der Waals surface area contributed by atoms with Crippen molar-refractivity contribution in [1.82, 2.24) is 4.90 Å². The Bertz CT molecular complexity index is 528. The summed E-state index contributed by atoms with van der Waals surface area (Å²) in [5.41, 5.74) is 0.723. The first-order valence-corrected chi connectivity index (χ1v) is 7.13. The van der Waals surface area contributed by atoms with Gasteiger partial charge in [0.2, 0.25) is 0 Å². The van der Waals surface area contributed by atoms with Crippen LogP contribution in [0.1, 0.15) is 18.9 Å². The molecule has 2 rings (SSSR count). The van der Waals surface area contributed by atoms with Crippen molar-refractivity contribution in [3.63, 3.8) is 0 Å². The molecule has 1 aromatic carbocycles. The summed E-state index contributed by atoms with van der Waals surface area (Å²) in [6.07, 6.45) is -1.67. The van der Waals surface area contributed by atoms with Gasteiger partial charge in [0.25, 0.3) is 0 Å². The molecule has 22 heavy (non-hydrogen) atoms. The van der Waals surface area contributed by atoms with E-state index < -0.39 is 24.2 Å². The number of benzene rings is 1. The number of hydrogen-bond donors (Lipinski definition) is 0. The van der Waals surface area contributed by atoms with Gasteiger partial charge in [-0.1, -0.05) is 42.5 Å². The number of esters is 1. The highest BCUT2D eigenvalue weighted by Crippen LogP contribution is 2.33. The maximum Gasteiger partial charge on any atom is 0.404 e. The lowest BCUT2D eigenvalue weighted by Crippen LogP contribution is -2.54. The molecule has 0 amide bonds. The third-order valence-corrected chi connectivity index (χ3v) is 3.55. The standard InChI is InChI=1S/C16H18F3NO2/c1-2-22-15(21)13-9-6-10-14(16(17,18)19)20(13)11-12-7-4-3-5-8-12/h3-9,13-14H,2,10-11H2,1H3/t13-,14-/m1/s1. The molecule has 0 spiro atoms. The minimum absolute atomic E-state index is 0.0405. The first-order chi connectivity index (χ1) is 10.4. The fraction of sp³-hybridized carbons (Fsp3) is 0.438. The molecule has 1 aromatic rings. The van der Waals surface area contributed by atoms with Crippen molar-refractivity contribution in [2.24, 2.45) is 0 Å². The van der Waals surface area contributed by atoms with Gasteiger partial charge in [0, 0.05) is 6.54 Å². The van der Waals surface area contributed by atoms with E-state index in [9.17, 15) is 18.0 Å². The van der Waals surface area contributed by atoms with Gasteiger partial charge in [-0.3, -0.25) is 9.69 Å². The molecule has 0 N–H and O–H groups in total. The van der Waals surface area contributed by atoms with E-state index in [2.05, 4.69) is 0 Å². The smallest absolute Gasteiger partial charge is 0.404 e. The highest BCUT2D eigenvalue weighted by molar-refractivity contribution is 5.78. The first-order valence-electron chi connectivity index (χ1n) is 7.13. The van der Waals surface area contributed by atoms with Crippen LogP contribution in [0.2, 0.25) is 0 Å². The molecule has 1 aliphatic rings. The Labute approximate surface area is 127 Å². The Hall–Kier alpha value is -1.82. The Morgan fingerprint density at radius 3 is 2.59 bits per heavy atom. The van der Waals surface area contributed by atoms with E-state index >= 15 is 0 Å². The van der Waals surface area contributed by atoms with E-state index in [0.29, 0.717) is 0 Å². The maximum absolute atomic E-state index is 13.3. The van der Waals surface area contributed by atoms with Crippen LogP contribution < -0.4 is 0 Å². The lowest BCUT2D eigenvalue weighted by Gasteiger charge is -2.38. The number of alkyl halides is 3. The number of carbonyl (C=O) groups excluding carboxylic acids is 1. The van der Waals surface area contributed by atoms with Crippen LogP contribution >= 0.6 is 0 Å². The molecule has 0 unspecified atom stereocenters. The Kier molecular flexibility index (Phi) is 5.24. The van der Waals surface area contributed by atoms with Crippen molar-refractivity contribution in [1.29, 1.82) is 0 Å². The van der Waals surface area contributed by atoms with E-state index in [0.717, 1.165) is 10.5 Å². The highest BCUT2D eigenvalue weighted by Gasteiger charge is 2.47. The number of ether oxygens (including phenoxy) is 1. The van der Waals surface area contributed by atoms with Crippen LogP contribution in [0.25, 0.3) is 0 Å². The van der Waals surface area contributed by atoms with Crippen molar-refractivity contribution in [3.8, 4) is 0 Å². The molecule has 0 aliphatic carbocycles. The number of halogens is 3. The van der Waals surface area contributed by atoms with Gasteiger partial charge in [0.05, 0.1) is 6.61 Å². The van der Waals surface area contributed by atoms with Crippen LogP contribution in [0.4, 0.5) is 13.2 Å². The summed E-state index contributed by atoms with van der Waals surface area (Å²) in [4.78, 5) is 13.1. The fourth-order valence-corrected chi connectivity index (χ4v) is 2.54. The van der Waals surface area contributed by atoms with Gasteiger partial charge in [-0.05, 0) is 18.9 Å². The molecule has 2 atom stereocenters. The second-order valence-corrected chi connectivity index (χ2v) is 5.08. The average molecular weight is 313 g/mol. The summed E-state index contributed by atoms with van der Waals surface area (Å²) in [6.45, 7) is 1.81. The molecule has 6 heteroatoms. The van der Waals surface area contributed by atoms with E-state index in [1.54, 1.807) is 37.3 Å². The van der Waals surface area contributed by atoms with Gasteiger partial charge in [-0.2, -0.15) is 13.2 Å². The number of carbonyl (C=O) groups is 1. The molecule has 0 saturated heterocycles. The predicted octanol–water partition coefficient (Wildman–Crippen LogP) is 3.31. The number of hydrogen-bond acceptors (Lipinski definition) is 3. The lowest BCUT2D eigenvalue weighted by atomic mass is 10.0. The third-order valence-electron chi connectivity index (χ3n) is 3.55. The topological polar surface area (TPSA) is 29.5 Å². The summed E-state index contributed by atoms with van der Waals surface area (Å²) < 4.78 is 44.8. The highest BCUT2D eigenvalue weighted by atomic mass is 19.4. The van der Waals surface area contributed by atoms with Gasteiger partial charge in [-0.25, -0.2) is 0 Å². The summed E-state index contributed by atoms with van der Waals surface area (Å²) >= 11 is 0. The van der Waals surface area contributed by atoms with Gasteiger partial charge in [0.15, 0.2) is 0 Å². The minimum atomic E-state index is -4.40. The second kappa shape index (κ2) is 6.96.